The summed E-state index contributed by atoms with van der Waals surface area (Å²) in [6, 6.07) is 17.7. The molecule has 0 spiro atoms. The Balaban J connectivity index is 1.61. The van der Waals surface area contributed by atoms with E-state index < -0.39 is 0 Å². The molecule has 2 aromatic carbocycles. The van der Waals surface area contributed by atoms with Gasteiger partial charge in [-0.05, 0) is 49.5 Å². The molecular weight excluding hydrogens is 396 g/mol. The van der Waals surface area contributed by atoms with Crippen LogP contribution in [0.25, 0.3) is 0 Å². The molecule has 0 saturated heterocycles. The van der Waals surface area contributed by atoms with E-state index in [4.69, 9.17) is 9.47 Å². The number of nitrogens with zero attached hydrogens (tertiary/aromatic N) is 3. The fourth-order valence-electron chi connectivity index (χ4n) is 2.87. The van der Waals surface area contributed by atoms with Gasteiger partial charge in [-0.2, -0.15) is 0 Å². The lowest BCUT2D eigenvalue weighted by Gasteiger charge is -2.18. The number of nitrogens with one attached hydrogen (secondary N) is 1. The molecule has 1 heterocycles. The first kappa shape index (κ1) is 21.9. The Labute approximate surface area is 182 Å². The maximum Gasteiger partial charge on any atom is 0.228 e. The molecular formula is C23H28N4O2S. The lowest BCUT2D eigenvalue weighted by molar-refractivity contribution is 0.223. The van der Waals surface area contributed by atoms with Crippen molar-refractivity contribution in [2.75, 3.05) is 38.7 Å². The zero-order chi connectivity index (χ0) is 21.2. The summed E-state index contributed by atoms with van der Waals surface area (Å²) in [6.45, 7) is 7.96. The van der Waals surface area contributed by atoms with Gasteiger partial charge in [0.15, 0.2) is 0 Å². The van der Waals surface area contributed by atoms with Gasteiger partial charge in [-0.1, -0.05) is 37.7 Å². The Bertz CT molecular complexity index is 934. The summed E-state index contributed by atoms with van der Waals surface area (Å²) in [4.78, 5) is 12.3. The predicted molar refractivity (Wildman–Crippen MR) is 122 cm³/mol. The summed E-state index contributed by atoms with van der Waals surface area (Å²) in [5.41, 5.74) is 0.888. The van der Waals surface area contributed by atoms with E-state index in [1.807, 2.05) is 54.6 Å². The maximum absolute atomic E-state index is 5.90. The topological polar surface area (TPSA) is 59.5 Å². The van der Waals surface area contributed by atoms with Crippen molar-refractivity contribution in [3.8, 4) is 11.5 Å². The number of hydrogen-bond acceptors (Lipinski definition) is 7. The average molecular weight is 425 g/mol. The molecule has 0 fully saturated rings. The number of hydrogen-bond donors (Lipinski definition) is 1. The van der Waals surface area contributed by atoms with Crippen LogP contribution in [0.3, 0.4) is 0 Å². The zero-order valence-corrected chi connectivity index (χ0v) is 18.5. The van der Waals surface area contributed by atoms with Crippen molar-refractivity contribution in [2.45, 2.75) is 23.8 Å². The molecule has 0 bridgehead atoms. The van der Waals surface area contributed by atoms with Crippen molar-refractivity contribution in [2.24, 2.45) is 0 Å². The highest BCUT2D eigenvalue weighted by Crippen LogP contribution is 2.29. The van der Waals surface area contributed by atoms with E-state index in [1.165, 1.54) is 0 Å². The number of likely N-dealkylation sites (N-methyl/N-ethyl adjacent to an activating group) is 1. The number of ether oxygens (including phenoxy) is 2. The highest BCUT2D eigenvalue weighted by atomic mass is 32.2. The van der Waals surface area contributed by atoms with Crippen molar-refractivity contribution in [3.63, 3.8) is 0 Å². The van der Waals surface area contributed by atoms with Crippen LogP contribution in [0.5, 0.6) is 11.5 Å². The quantitative estimate of drug-likeness (QED) is 0.430. The molecule has 0 amide bonds. The first-order valence-corrected chi connectivity index (χ1v) is 10.9. The van der Waals surface area contributed by atoms with Crippen molar-refractivity contribution < 1.29 is 9.47 Å². The van der Waals surface area contributed by atoms with Crippen molar-refractivity contribution in [1.82, 2.24) is 14.9 Å². The fraction of sp³-hybridized carbons (Fsp3) is 0.304. The number of rotatable bonds is 11. The minimum absolute atomic E-state index is 0.545. The van der Waals surface area contributed by atoms with Crippen LogP contribution in [0.2, 0.25) is 0 Å². The molecule has 0 aliphatic rings. The second-order valence-corrected chi connectivity index (χ2v) is 7.62. The minimum atomic E-state index is 0.545. The monoisotopic (exact) mass is 424 g/mol. The molecule has 0 aliphatic heterocycles. The van der Waals surface area contributed by atoms with Crippen molar-refractivity contribution in [3.05, 3.63) is 60.8 Å². The summed E-state index contributed by atoms with van der Waals surface area (Å²) < 4.78 is 11.2. The van der Waals surface area contributed by atoms with Crippen LogP contribution >= 0.6 is 11.8 Å². The van der Waals surface area contributed by atoms with Crippen LogP contribution in [0.15, 0.2) is 70.7 Å². The second-order valence-electron chi connectivity index (χ2n) is 6.53. The first-order chi connectivity index (χ1) is 14.7. The summed E-state index contributed by atoms with van der Waals surface area (Å²) >= 11 is 1.56. The average Bonchev–Trinajstić information content (AvgIpc) is 2.77. The van der Waals surface area contributed by atoms with E-state index in [2.05, 4.69) is 34.0 Å². The summed E-state index contributed by atoms with van der Waals surface area (Å²) in [5.74, 6) is 2.20. The Morgan fingerprint density at radius 1 is 1.00 bits per heavy atom. The van der Waals surface area contributed by atoms with Gasteiger partial charge >= 0.3 is 0 Å². The molecule has 1 N–H and O–H groups in total. The Morgan fingerprint density at radius 2 is 1.80 bits per heavy atom. The minimum Gasteiger partial charge on any atom is -0.497 e. The van der Waals surface area contributed by atoms with Crippen molar-refractivity contribution >= 4 is 23.4 Å². The molecule has 3 rings (SSSR count). The summed E-state index contributed by atoms with van der Waals surface area (Å²) in [6.07, 6.45) is 1.75. The van der Waals surface area contributed by atoms with Gasteiger partial charge in [-0.3, -0.25) is 0 Å². The smallest absolute Gasteiger partial charge is 0.228 e. The van der Waals surface area contributed by atoms with Crippen LogP contribution in [-0.2, 0) is 0 Å². The lowest BCUT2D eigenvalue weighted by Crippen LogP contribution is -2.27. The van der Waals surface area contributed by atoms with Gasteiger partial charge in [-0.15, -0.1) is 0 Å². The Hall–Kier alpha value is -2.77. The van der Waals surface area contributed by atoms with E-state index in [0.29, 0.717) is 12.6 Å². The standard InChI is InChI=1S/C23H28N4O2S/c1-4-27(5-2)14-15-29-20-10-6-8-18(16-20)25-23-24-13-12-22(26-23)30-21-11-7-9-19(17-21)28-3/h6-13,16-17H,4-5,14-15H2,1-3H3,(H,24,25,26). The van der Waals surface area contributed by atoms with Crippen LogP contribution in [0.1, 0.15) is 13.8 Å². The molecule has 6 nitrogen and oxygen atoms in total. The number of benzene rings is 2. The van der Waals surface area contributed by atoms with E-state index in [1.54, 1.807) is 25.1 Å². The summed E-state index contributed by atoms with van der Waals surface area (Å²) in [5, 5.41) is 4.12. The fourth-order valence-corrected chi connectivity index (χ4v) is 3.69. The molecule has 0 aliphatic carbocycles. The molecule has 0 radical (unpaired) electrons. The molecule has 158 valence electrons. The van der Waals surface area contributed by atoms with E-state index in [9.17, 15) is 0 Å². The molecule has 0 saturated carbocycles. The predicted octanol–water partition coefficient (Wildman–Crippen LogP) is 5.10. The van der Waals surface area contributed by atoms with Gasteiger partial charge in [0.1, 0.15) is 23.1 Å². The largest absolute Gasteiger partial charge is 0.497 e. The van der Waals surface area contributed by atoms with Crippen LogP contribution in [0, 0.1) is 0 Å². The molecule has 1 aromatic heterocycles. The maximum atomic E-state index is 5.90. The number of aromatic nitrogens is 2. The SMILES string of the molecule is CCN(CC)CCOc1cccc(Nc2nccc(Sc3cccc(OC)c3)n2)c1. The van der Waals surface area contributed by atoms with Crippen molar-refractivity contribution in [1.29, 1.82) is 0 Å². The van der Waals surface area contributed by atoms with E-state index >= 15 is 0 Å². The van der Waals surface area contributed by atoms with Gasteiger partial charge in [0.05, 0.1) is 7.11 Å². The Morgan fingerprint density at radius 3 is 2.60 bits per heavy atom. The van der Waals surface area contributed by atoms with Gasteiger partial charge in [0, 0.05) is 29.4 Å². The first-order valence-electron chi connectivity index (χ1n) is 10.1. The molecule has 3 aromatic rings. The van der Waals surface area contributed by atoms with E-state index in [0.717, 1.165) is 46.7 Å². The highest BCUT2D eigenvalue weighted by Gasteiger charge is 2.05. The van der Waals surface area contributed by atoms with Gasteiger partial charge < -0.3 is 19.7 Å². The third-order valence-corrected chi connectivity index (χ3v) is 5.48. The number of anilines is 2. The van der Waals surface area contributed by atoms with Gasteiger partial charge in [0.25, 0.3) is 0 Å². The molecule has 7 heteroatoms. The second kappa shape index (κ2) is 11.4. The third-order valence-electron chi connectivity index (χ3n) is 4.55. The van der Waals surface area contributed by atoms with Gasteiger partial charge in [-0.25, -0.2) is 9.97 Å². The number of methoxy groups -OCH3 is 1. The molecule has 0 unspecified atom stereocenters. The molecule has 30 heavy (non-hydrogen) atoms. The normalized spacial score (nSPS) is 10.8. The van der Waals surface area contributed by atoms with Gasteiger partial charge in [0.2, 0.25) is 5.95 Å². The van der Waals surface area contributed by atoms with Crippen LogP contribution < -0.4 is 14.8 Å². The lowest BCUT2D eigenvalue weighted by atomic mass is 10.3. The van der Waals surface area contributed by atoms with E-state index in [-0.39, 0.29) is 0 Å². The zero-order valence-electron chi connectivity index (χ0n) is 17.7. The van der Waals surface area contributed by atoms with Crippen LogP contribution in [0.4, 0.5) is 11.6 Å². The Kier molecular flexibility index (Phi) is 8.35. The highest BCUT2D eigenvalue weighted by molar-refractivity contribution is 7.99. The summed E-state index contributed by atoms with van der Waals surface area (Å²) in [7, 11) is 1.66. The third kappa shape index (κ3) is 6.64. The van der Waals surface area contributed by atoms with Crippen LogP contribution in [-0.4, -0.2) is 48.2 Å². The molecule has 0 atom stereocenters.